The number of oxazole rings is 1. The summed E-state index contributed by atoms with van der Waals surface area (Å²) in [7, 11) is 0. The zero-order valence-corrected chi connectivity index (χ0v) is 19.7. The summed E-state index contributed by atoms with van der Waals surface area (Å²) in [4.78, 5) is 16.5. The third-order valence-corrected chi connectivity index (χ3v) is 5.57. The van der Waals surface area contributed by atoms with Crippen LogP contribution >= 0.6 is 0 Å². The summed E-state index contributed by atoms with van der Waals surface area (Å²) < 4.78 is 17.9. The predicted molar refractivity (Wildman–Crippen MR) is 126 cm³/mol. The molecule has 0 bridgehead atoms. The van der Waals surface area contributed by atoms with Gasteiger partial charge in [0, 0.05) is 12.0 Å². The molecule has 2 aromatic carbocycles. The first kappa shape index (κ1) is 23.6. The smallest absolute Gasteiger partial charge is 0.226 e. The highest BCUT2D eigenvalue weighted by Gasteiger charge is 2.26. The molecule has 5 nitrogen and oxygen atoms in total. The van der Waals surface area contributed by atoms with Crippen LogP contribution in [0.25, 0.3) is 11.5 Å². The Balaban J connectivity index is 1.67. The van der Waals surface area contributed by atoms with Crippen LogP contribution in [0.15, 0.2) is 52.9 Å². The van der Waals surface area contributed by atoms with Gasteiger partial charge >= 0.3 is 0 Å². The van der Waals surface area contributed by atoms with Crippen LogP contribution in [0.5, 0.6) is 11.5 Å². The molecule has 3 rings (SSSR count). The fourth-order valence-corrected chi connectivity index (χ4v) is 3.28. The van der Waals surface area contributed by atoms with Gasteiger partial charge in [-0.15, -0.1) is 0 Å². The first-order chi connectivity index (χ1) is 15.3. The number of unbranched alkanes of at least 4 members (excludes halogenated alkanes) is 1. The number of nitrogens with zero attached hydrogens (tertiary/aromatic N) is 1. The highest BCUT2D eigenvalue weighted by molar-refractivity contribution is 5.84. The van der Waals surface area contributed by atoms with Gasteiger partial charge < -0.3 is 13.9 Å². The zero-order chi connectivity index (χ0) is 23.1. The van der Waals surface area contributed by atoms with E-state index in [4.69, 9.17) is 13.9 Å². The fourth-order valence-electron chi connectivity index (χ4n) is 3.28. The molecule has 0 amide bonds. The van der Waals surface area contributed by atoms with Crippen LogP contribution < -0.4 is 9.47 Å². The second kappa shape index (κ2) is 10.5. The van der Waals surface area contributed by atoms with E-state index in [-0.39, 0.29) is 5.78 Å². The van der Waals surface area contributed by atoms with Crippen molar-refractivity contribution in [1.29, 1.82) is 0 Å². The number of carbonyl (C=O) groups excluding carboxylic acids is 1. The molecule has 3 aromatic rings. The minimum Gasteiger partial charge on any atom is -0.493 e. The fraction of sp³-hybridized carbons (Fsp3) is 0.407. The third-order valence-electron chi connectivity index (χ3n) is 5.57. The molecule has 0 unspecified atom stereocenters. The average Bonchev–Trinajstić information content (AvgIpc) is 3.14. The molecule has 0 atom stereocenters. The van der Waals surface area contributed by atoms with E-state index in [0.717, 1.165) is 53.3 Å². The van der Waals surface area contributed by atoms with Crippen molar-refractivity contribution in [3.63, 3.8) is 0 Å². The SMILES string of the molecule is CCCCc1cc(OCCc2nc(-c3ccccc3)oc2C)ccc1OC(C)(C)C(C)=O. The van der Waals surface area contributed by atoms with Crippen molar-refractivity contribution in [1.82, 2.24) is 4.98 Å². The number of ether oxygens (including phenoxy) is 2. The predicted octanol–water partition coefficient (Wildman–Crippen LogP) is 6.36. The van der Waals surface area contributed by atoms with Gasteiger partial charge in [-0.2, -0.15) is 0 Å². The summed E-state index contributed by atoms with van der Waals surface area (Å²) in [6.45, 7) is 9.73. The van der Waals surface area contributed by atoms with Crippen molar-refractivity contribution in [2.24, 2.45) is 0 Å². The van der Waals surface area contributed by atoms with Gasteiger partial charge in [0.2, 0.25) is 5.89 Å². The maximum atomic E-state index is 11.9. The molecule has 0 saturated heterocycles. The number of aryl methyl sites for hydroxylation is 2. The number of carbonyl (C=O) groups is 1. The molecule has 32 heavy (non-hydrogen) atoms. The summed E-state index contributed by atoms with van der Waals surface area (Å²) in [6, 6.07) is 15.7. The van der Waals surface area contributed by atoms with Gasteiger partial charge in [0.15, 0.2) is 11.4 Å². The van der Waals surface area contributed by atoms with Crippen LogP contribution in [0.4, 0.5) is 0 Å². The molecule has 0 N–H and O–H groups in total. The summed E-state index contributed by atoms with van der Waals surface area (Å²) in [5.74, 6) is 2.97. The van der Waals surface area contributed by atoms with Crippen molar-refractivity contribution in [2.75, 3.05) is 6.61 Å². The number of hydrogen-bond donors (Lipinski definition) is 0. The Labute approximate surface area is 190 Å². The number of rotatable bonds is 11. The Morgan fingerprint density at radius 2 is 1.84 bits per heavy atom. The molecule has 0 aliphatic rings. The minimum absolute atomic E-state index is 0.00266. The Morgan fingerprint density at radius 3 is 2.53 bits per heavy atom. The van der Waals surface area contributed by atoms with Gasteiger partial charge in [0.1, 0.15) is 17.3 Å². The van der Waals surface area contributed by atoms with Crippen molar-refractivity contribution in [2.45, 2.75) is 65.9 Å². The average molecular weight is 436 g/mol. The van der Waals surface area contributed by atoms with Crippen molar-refractivity contribution in [3.8, 4) is 23.0 Å². The molecule has 170 valence electrons. The van der Waals surface area contributed by atoms with Gasteiger partial charge in [-0.1, -0.05) is 31.5 Å². The van der Waals surface area contributed by atoms with Crippen LogP contribution in [0.1, 0.15) is 57.6 Å². The first-order valence-electron chi connectivity index (χ1n) is 11.3. The minimum atomic E-state index is -0.857. The highest BCUT2D eigenvalue weighted by atomic mass is 16.5. The van der Waals surface area contributed by atoms with Crippen LogP contribution in [0, 0.1) is 6.92 Å². The van der Waals surface area contributed by atoms with Crippen LogP contribution in [-0.2, 0) is 17.6 Å². The highest BCUT2D eigenvalue weighted by Crippen LogP contribution is 2.29. The third kappa shape index (κ3) is 6.00. The zero-order valence-electron chi connectivity index (χ0n) is 19.7. The van der Waals surface area contributed by atoms with Crippen molar-refractivity contribution < 1.29 is 18.7 Å². The molecule has 1 heterocycles. The van der Waals surface area contributed by atoms with Gasteiger partial charge in [-0.05, 0) is 76.4 Å². The van der Waals surface area contributed by atoms with E-state index in [1.54, 1.807) is 20.8 Å². The number of hydrogen-bond acceptors (Lipinski definition) is 5. The van der Waals surface area contributed by atoms with E-state index >= 15 is 0 Å². The number of aromatic nitrogens is 1. The number of Topliss-reactive ketones (excluding diaryl/α,β-unsaturated/α-hetero) is 1. The second-order valence-corrected chi connectivity index (χ2v) is 8.53. The Morgan fingerprint density at radius 1 is 1.09 bits per heavy atom. The molecular weight excluding hydrogens is 402 g/mol. The first-order valence-corrected chi connectivity index (χ1v) is 11.3. The Bertz CT molecular complexity index is 1040. The molecule has 0 saturated carbocycles. The second-order valence-electron chi connectivity index (χ2n) is 8.53. The molecule has 0 radical (unpaired) electrons. The van der Waals surface area contributed by atoms with E-state index in [2.05, 4.69) is 11.9 Å². The summed E-state index contributed by atoms with van der Waals surface area (Å²) >= 11 is 0. The lowest BCUT2D eigenvalue weighted by Gasteiger charge is -2.25. The molecular formula is C27H33NO4. The normalized spacial score (nSPS) is 11.4. The molecule has 5 heteroatoms. The van der Waals surface area contributed by atoms with Gasteiger partial charge in [0.05, 0.1) is 12.3 Å². The summed E-state index contributed by atoms with van der Waals surface area (Å²) in [5.41, 5.74) is 2.07. The molecule has 0 spiro atoms. The molecule has 0 aliphatic heterocycles. The van der Waals surface area contributed by atoms with Gasteiger partial charge in [-0.25, -0.2) is 4.98 Å². The Hall–Kier alpha value is -3.08. The van der Waals surface area contributed by atoms with E-state index in [1.165, 1.54) is 0 Å². The number of benzene rings is 2. The van der Waals surface area contributed by atoms with Crippen molar-refractivity contribution >= 4 is 5.78 Å². The van der Waals surface area contributed by atoms with E-state index in [0.29, 0.717) is 18.9 Å². The largest absolute Gasteiger partial charge is 0.493 e. The lowest BCUT2D eigenvalue weighted by atomic mass is 10.0. The van der Waals surface area contributed by atoms with Crippen LogP contribution in [-0.4, -0.2) is 23.0 Å². The lowest BCUT2D eigenvalue weighted by molar-refractivity contribution is -0.129. The van der Waals surface area contributed by atoms with Crippen LogP contribution in [0.2, 0.25) is 0 Å². The summed E-state index contributed by atoms with van der Waals surface area (Å²) in [5, 5.41) is 0. The van der Waals surface area contributed by atoms with Gasteiger partial charge in [-0.3, -0.25) is 4.79 Å². The maximum Gasteiger partial charge on any atom is 0.226 e. The molecule has 0 fully saturated rings. The number of ketones is 1. The standard InChI is InChI=1S/C27H33NO4/c1-6-7-11-22-18-23(14-15-25(22)32-27(4,5)20(3)29)30-17-16-24-19(2)31-26(28-24)21-12-9-8-10-13-21/h8-10,12-15,18H,6-7,11,16-17H2,1-5H3. The topological polar surface area (TPSA) is 61.6 Å². The van der Waals surface area contributed by atoms with Crippen LogP contribution in [0.3, 0.4) is 0 Å². The Kier molecular flexibility index (Phi) is 7.73. The maximum absolute atomic E-state index is 11.9. The molecule has 1 aromatic heterocycles. The van der Waals surface area contributed by atoms with Gasteiger partial charge in [0.25, 0.3) is 0 Å². The van der Waals surface area contributed by atoms with E-state index in [1.807, 2.05) is 55.5 Å². The lowest BCUT2D eigenvalue weighted by Crippen LogP contribution is -2.36. The summed E-state index contributed by atoms with van der Waals surface area (Å²) in [6.07, 6.45) is 3.65. The quantitative estimate of drug-likeness (QED) is 0.351. The van der Waals surface area contributed by atoms with E-state index in [9.17, 15) is 4.79 Å². The van der Waals surface area contributed by atoms with Crippen molar-refractivity contribution in [3.05, 3.63) is 65.5 Å². The monoisotopic (exact) mass is 435 g/mol. The molecule has 0 aliphatic carbocycles. The van der Waals surface area contributed by atoms with E-state index < -0.39 is 5.60 Å².